The molecular weight excluding hydrogens is 292 g/mol. The van der Waals surface area contributed by atoms with Crippen molar-refractivity contribution in [2.24, 2.45) is 7.05 Å². The minimum Gasteiger partial charge on any atom is -0.508 e. The average Bonchev–Trinajstić information content (AvgIpc) is 2.82. The summed E-state index contributed by atoms with van der Waals surface area (Å²) in [5.41, 5.74) is 3.28. The van der Waals surface area contributed by atoms with Crippen LogP contribution >= 0.6 is 0 Å². The molecular formula is C17H16N4O2. The Balaban J connectivity index is 1.79. The van der Waals surface area contributed by atoms with Crippen LogP contribution in [0, 0.1) is 0 Å². The summed E-state index contributed by atoms with van der Waals surface area (Å²) in [5, 5.41) is 16.5. The van der Waals surface area contributed by atoms with Gasteiger partial charge in [0, 0.05) is 42.8 Å². The number of aromatic nitrogens is 2. The van der Waals surface area contributed by atoms with Gasteiger partial charge in [-0.2, -0.15) is 0 Å². The Bertz CT molecular complexity index is 930. The van der Waals surface area contributed by atoms with Crippen molar-refractivity contribution in [2.75, 3.05) is 11.9 Å². The summed E-state index contributed by atoms with van der Waals surface area (Å²) in [5.74, 6) is 0.830. The van der Waals surface area contributed by atoms with E-state index < -0.39 is 0 Å². The van der Waals surface area contributed by atoms with Gasteiger partial charge in [0.2, 0.25) is 0 Å². The highest BCUT2D eigenvalue weighted by atomic mass is 16.3. The fourth-order valence-electron chi connectivity index (χ4n) is 3.08. The Labute approximate surface area is 132 Å². The third-order valence-electron chi connectivity index (χ3n) is 4.15. The summed E-state index contributed by atoms with van der Waals surface area (Å²) >= 11 is 0. The third-order valence-corrected chi connectivity index (χ3v) is 4.15. The van der Waals surface area contributed by atoms with Gasteiger partial charge in [0.25, 0.3) is 5.91 Å². The van der Waals surface area contributed by atoms with Crippen molar-refractivity contribution in [2.45, 2.75) is 6.42 Å². The van der Waals surface area contributed by atoms with Crippen LogP contribution in [-0.2, 0) is 13.5 Å². The van der Waals surface area contributed by atoms with E-state index >= 15 is 0 Å². The van der Waals surface area contributed by atoms with Crippen molar-refractivity contribution in [1.82, 2.24) is 14.9 Å². The average molecular weight is 308 g/mol. The lowest BCUT2D eigenvalue weighted by Gasteiger charge is -2.13. The van der Waals surface area contributed by atoms with Crippen molar-refractivity contribution >= 4 is 28.4 Å². The molecule has 0 saturated carbocycles. The number of nitrogens with zero attached hydrogens (tertiary/aromatic N) is 2. The smallest absolute Gasteiger partial charge is 0.253 e. The minimum atomic E-state index is -0.0349. The summed E-state index contributed by atoms with van der Waals surface area (Å²) < 4.78 is 1.98. The topological polar surface area (TPSA) is 79.2 Å². The maximum Gasteiger partial charge on any atom is 0.253 e. The Hall–Kier alpha value is -3.02. The molecule has 1 amide bonds. The van der Waals surface area contributed by atoms with E-state index in [2.05, 4.69) is 15.6 Å². The van der Waals surface area contributed by atoms with E-state index in [0.717, 1.165) is 34.4 Å². The quantitative estimate of drug-likeness (QED) is 0.679. The van der Waals surface area contributed by atoms with Crippen LogP contribution in [-0.4, -0.2) is 27.1 Å². The summed E-state index contributed by atoms with van der Waals surface area (Å²) in [4.78, 5) is 16.8. The Kier molecular flexibility index (Phi) is 2.97. The number of anilines is 2. The maximum atomic E-state index is 12.1. The van der Waals surface area contributed by atoms with E-state index in [-0.39, 0.29) is 11.7 Å². The van der Waals surface area contributed by atoms with Gasteiger partial charge >= 0.3 is 0 Å². The fraction of sp³-hybridized carbons (Fsp3) is 0.176. The highest BCUT2D eigenvalue weighted by Crippen LogP contribution is 2.28. The van der Waals surface area contributed by atoms with Gasteiger partial charge in [0.05, 0.1) is 5.56 Å². The van der Waals surface area contributed by atoms with Crippen molar-refractivity contribution in [1.29, 1.82) is 0 Å². The third kappa shape index (κ3) is 2.19. The first-order valence-electron chi connectivity index (χ1n) is 7.46. The van der Waals surface area contributed by atoms with Crippen molar-refractivity contribution in [3.8, 4) is 5.75 Å². The molecule has 3 N–H and O–H groups in total. The van der Waals surface area contributed by atoms with Crippen LogP contribution in [0.4, 0.5) is 11.5 Å². The largest absolute Gasteiger partial charge is 0.508 e. The molecule has 1 aliphatic rings. The highest BCUT2D eigenvalue weighted by Gasteiger charge is 2.25. The molecule has 0 unspecified atom stereocenters. The van der Waals surface area contributed by atoms with Crippen molar-refractivity contribution < 1.29 is 9.90 Å². The number of rotatable bonds is 2. The molecule has 3 aromatic rings. The van der Waals surface area contributed by atoms with Crippen LogP contribution in [0.15, 0.2) is 36.4 Å². The van der Waals surface area contributed by atoms with E-state index in [1.165, 1.54) is 0 Å². The van der Waals surface area contributed by atoms with Crippen molar-refractivity contribution in [3.05, 3.63) is 47.7 Å². The zero-order chi connectivity index (χ0) is 16.0. The standard InChI is InChI=1S/C17H16N4O2/c1-21-13-7-8-18-17(23)15(13)12-5-6-14(20-16(12)21)19-10-3-2-4-11(22)9-10/h2-6,9,22H,7-8H2,1H3,(H,18,23)(H,19,20). The van der Waals surface area contributed by atoms with Gasteiger partial charge in [-0.1, -0.05) is 6.07 Å². The van der Waals surface area contributed by atoms with Crippen LogP contribution in [0.2, 0.25) is 0 Å². The SMILES string of the molecule is Cn1c2c(c3ccc(Nc4cccc(O)c4)nc31)C(=O)NCC2. The molecule has 6 heteroatoms. The number of carbonyl (C=O) groups is 1. The van der Waals surface area contributed by atoms with E-state index in [1.807, 2.05) is 29.8 Å². The number of phenols is 1. The molecule has 1 aliphatic heterocycles. The molecule has 0 saturated heterocycles. The lowest BCUT2D eigenvalue weighted by Crippen LogP contribution is -2.32. The number of carbonyl (C=O) groups excluding carboxylic acids is 1. The minimum absolute atomic E-state index is 0.0349. The van der Waals surface area contributed by atoms with Gasteiger partial charge in [0.1, 0.15) is 17.2 Å². The van der Waals surface area contributed by atoms with Crippen molar-refractivity contribution in [3.63, 3.8) is 0 Å². The number of hydrogen-bond donors (Lipinski definition) is 3. The van der Waals surface area contributed by atoms with Crippen LogP contribution in [0.5, 0.6) is 5.75 Å². The number of hydrogen-bond acceptors (Lipinski definition) is 4. The predicted molar refractivity (Wildman–Crippen MR) is 88.1 cm³/mol. The number of benzene rings is 1. The Morgan fingerprint density at radius 3 is 3.00 bits per heavy atom. The van der Waals surface area contributed by atoms with E-state index in [0.29, 0.717) is 12.4 Å². The summed E-state index contributed by atoms with van der Waals surface area (Å²) in [6.07, 6.45) is 0.809. The van der Waals surface area contributed by atoms with Crippen LogP contribution in [0.1, 0.15) is 16.1 Å². The second kappa shape index (κ2) is 5.01. The summed E-state index contributed by atoms with van der Waals surface area (Å²) in [6.45, 7) is 0.657. The first-order chi connectivity index (χ1) is 11.1. The predicted octanol–water partition coefficient (Wildman–Crippen LogP) is 2.31. The van der Waals surface area contributed by atoms with E-state index in [4.69, 9.17) is 0 Å². The molecule has 0 radical (unpaired) electrons. The Morgan fingerprint density at radius 2 is 2.17 bits per heavy atom. The second-order valence-electron chi connectivity index (χ2n) is 5.63. The molecule has 3 heterocycles. The molecule has 0 bridgehead atoms. The number of aryl methyl sites for hydroxylation is 1. The maximum absolute atomic E-state index is 12.1. The second-order valence-corrected chi connectivity index (χ2v) is 5.63. The van der Waals surface area contributed by atoms with Crippen LogP contribution in [0.3, 0.4) is 0 Å². The van der Waals surface area contributed by atoms with E-state index in [9.17, 15) is 9.90 Å². The summed E-state index contributed by atoms with van der Waals surface area (Å²) in [6, 6.07) is 10.6. The van der Waals surface area contributed by atoms with Crippen LogP contribution in [0.25, 0.3) is 11.0 Å². The normalized spacial score (nSPS) is 13.7. The number of pyridine rings is 1. The van der Waals surface area contributed by atoms with E-state index in [1.54, 1.807) is 18.2 Å². The molecule has 23 heavy (non-hydrogen) atoms. The zero-order valence-corrected chi connectivity index (χ0v) is 12.6. The molecule has 4 rings (SSSR count). The molecule has 116 valence electrons. The number of fused-ring (bicyclic) bond motifs is 3. The molecule has 2 aromatic heterocycles. The fourth-order valence-corrected chi connectivity index (χ4v) is 3.08. The molecule has 0 aliphatic carbocycles. The molecule has 0 atom stereocenters. The lowest BCUT2D eigenvalue weighted by atomic mass is 10.1. The van der Waals surface area contributed by atoms with Crippen LogP contribution < -0.4 is 10.6 Å². The number of aromatic hydroxyl groups is 1. The Morgan fingerprint density at radius 1 is 1.30 bits per heavy atom. The monoisotopic (exact) mass is 308 g/mol. The first kappa shape index (κ1) is 13.6. The number of phenolic OH excluding ortho intramolecular Hbond substituents is 1. The van der Waals surface area contributed by atoms with Gasteiger partial charge in [-0.25, -0.2) is 4.98 Å². The zero-order valence-electron chi connectivity index (χ0n) is 12.6. The van der Waals surface area contributed by atoms with Gasteiger partial charge in [-0.05, 0) is 24.3 Å². The highest BCUT2D eigenvalue weighted by molar-refractivity contribution is 6.08. The molecule has 1 aromatic carbocycles. The molecule has 6 nitrogen and oxygen atoms in total. The van der Waals surface area contributed by atoms with Gasteiger partial charge in [-0.3, -0.25) is 4.79 Å². The van der Waals surface area contributed by atoms with Gasteiger partial charge < -0.3 is 20.3 Å². The number of nitrogens with one attached hydrogen (secondary N) is 2. The number of amides is 1. The first-order valence-corrected chi connectivity index (χ1v) is 7.46. The van der Waals surface area contributed by atoms with Gasteiger partial charge in [-0.15, -0.1) is 0 Å². The molecule has 0 spiro atoms. The molecule has 0 fully saturated rings. The lowest BCUT2D eigenvalue weighted by molar-refractivity contribution is 0.0947. The van der Waals surface area contributed by atoms with Gasteiger partial charge in [0.15, 0.2) is 0 Å². The summed E-state index contributed by atoms with van der Waals surface area (Å²) in [7, 11) is 1.94.